The lowest BCUT2D eigenvalue weighted by Crippen LogP contribution is -2.44. The van der Waals surface area contributed by atoms with Crippen LogP contribution < -0.4 is 10.2 Å². The maximum atomic E-state index is 12.4. The molecule has 3 rings (SSSR count). The zero-order chi connectivity index (χ0) is 17.6. The Morgan fingerprint density at radius 3 is 2.56 bits per heavy atom. The van der Waals surface area contributed by atoms with Gasteiger partial charge in [-0.25, -0.2) is 4.98 Å². The van der Waals surface area contributed by atoms with Crippen molar-refractivity contribution in [1.82, 2.24) is 20.2 Å². The van der Waals surface area contributed by atoms with Crippen molar-refractivity contribution in [2.24, 2.45) is 0 Å². The van der Waals surface area contributed by atoms with Gasteiger partial charge in [0.2, 0.25) is 0 Å². The molecular formula is C19H25N5O. The first-order valence-corrected chi connectivity index (χ1v) is 8.77. The van der Waals surface area contributed by atoms with Crippen LogP contribution in [0.2, 0.25) is 0 Å². The number of anilines is 1. The molecule has 0 radical (unpaired) electrons. The van der Waals surface area contributed by atoms with E-state index in [4.69, 9.17) is 0 Å². The molecule has 1 atom stereocenters. The Hall–Kier alpha value is -2.47. The topological polar surface area (TPSA) is 61.4 Å². The van der Waals surface area contributed by atoms with Crippen LogP contribution in [-0.4, -0.2) is 54.0 Å². The van der Waals surface area contributed by atoms with E-state index in [2.05, 4.69) is 45.1 Å². The third-order valence-corrected chi connectivity index (χ3v) is 4.66. The second-order valence-corrected chi connectivity index (χ2v) is 6.41. The first-order chi connectivity index (χ1) is 12.2. The molecule has 3 heterocycles. The summed E-state index contributed by atoms with van der Waals surface area (Å²) in [5.41, 5.74) is 1.72. The number of pyridine rings is 2. The van der Waals surface area contributed by atoms with Gasteiger partial charge in [0.05, 0.1) is 6.04 Å². The molecule has 6 heteroatoms. The van der Waals surface area contributed by atoms with Crippen molar-refractivity contribution in [3.63, 3.8) is 0 Å². The highest BCUT2D eigenvalue weighted by Gasteiger charge is 2.18. The highest BCUT2D eigenvalue weighted by Crippen LogP contribution is 2.22. The quantitative estimate of drug-likeness (QED) is 0.904. The minimum Gasteiger partial charge on any atom is -0.354 e. The number of carbonyl (C=O) groups is 1. The van der Waals surface area contributed by atoms with E-state index in [1.165, 1.54) is 0 Å². The zero-order valence-electron chi connectivity index (χ0n) is 14.9. The summed E-state index contributed by atoms with van der Waals surface area (Å²) in [5.74, 6) is 0.911. The first-order valence-electron chi connectivity index (χ1n) is 8.77. The van der Waals surface area contributed by atoms with Gasteiger partial charge in [0.1, 0.15) is 5.82 Å². The molecule has 0 spiro atoms. The van der Waals surface area contributed by atoms with Gasteiger partial charge in [0, 0.05) is 50.3 Å². The van der Waals surface area contributed by atoms with E-state index in [-0.39, 0.29) is 11.9 Å². The molecule has 1 amide bonds. The number of aromatic nitrogens is 2. The van der Waals surface area contributed by atoms with Crippen LogP contribution in [-0.2, 0) is 0 Å². The van der Waals surface area contributed by atoms with E-state index < -0.39 is 0 Å². The van der Waals surface area contributed by atoms with Crippen LogP contribution in [0.5, 0.6) is 0 Å². The first kappa shape index (κ1) is 17.4. The van der Waals surface area contributed by atoms with Gasteiger partial charge in [0.25, 0.3) is 5.91 Å². The summed E-state index contributed by atoms with van der Waals surface area (Å²) in [5, 5.41) is 3.12. The standard InChI is InChI=1S/C19H25N5O/c1-3-17(22-19(25)15-4-7-20-8-5-15)16-6-9-21-18(14-16)24-12-10-23(2)11-13-24/h4-9,14,17H,3,10-13H2,1-2H3,(H,22,25)/t17-/m0/s1. The van der Waals surface area contributed by atoms with Crippen molar-refractivity contribution in [2.45, 2.75) is 19.4 Å². The maximum Gasteiger partial charge on any atom is 0.251 e. The predicted octanol–water partition coefficient (Wildman–Crippen LogP) is 2.11. The largest absolute Gasteiger partial charge is 0.354 e. The zero-order valence-corrected chi connectivity index (χ0v) is 14.9. The molecule has 1 saturated heterocycles. The summed E-state index contributed by atoms with van der Waals surface area (Å²) < 4.78 is 0. The van der Waals surface area contributed by atoms with E-state index in [1.54, 1.807) is 24.5 Å². The van der Waals surface area contributed by atoms with Crippen molar-refractivity contribution in [2.75, 3.05) is 38.1 Å². The number of carbonyl (C=O) groups excluding carboxylic acids is 1. The van der Waals surface area contributed by atoms with E-state index in [9.17, 15) is 4.79 Å². The Bertz CT molecular complexity index is 698. The van der Waals surface area contributed by atoms with Gasteiger partial charge in [0.15, 0.2) is 0 Å². The number of nitrogens with zero attached hydrogens (tertiary/aromatic N) is 4. The second kappa shape index (κ2) is 8.07. The van der Waals surface area contributed by atoms with Gasteiger partial charge < -0.3 is 15.1 Å². The van der Waals surface area contributed by atoms with Gasteiger partial charge in [-0.2, -0.15) is 0 Å². The van der Waals surface area contributed by atoms with Crippen LogP contribution in [0.15, 0.2) is 42.9 Å². The van der Waals surface area contributed by atoms with Gasteiger partial charge in [-0.15, -0.1) is 0 Å². The number of likely N-dealkylation sites (N-methyl/N-ethyl adjacent to an activating group) is 1. The Labute approximate surface area is 148 Å². The van der Waals surface area contributed by atoms with E-state index in [0.717, 1.165) is 44.0 Å². The third kappa shape index (κ3) is 4.33. The predicted molar refractivity (Wildman–Crippen MR) is 98.7 cm³/mol. The van der Waals surface area contributed by atoms with Crippen molar-refractivity contribution >= 4 is 11.7 Å². The normalized spacial score (nSPS) is 16.5. The molecule has 0 saturated carbocycles. The van der Waals surface area contributed by atoms with E-state index >= 15 is 0 Å². The lowest BCUT2D eigenvalue weighted by atomic mass is 10.0. The SMILES string of the molecule is CC[C@H](NC(=O)c1ccncc1)c1ccnc(N2CCN(C)CC2)c1. The van der Waals surface area contributed by atoms with Crippen molar-refractivity contribution < 1.29 is 4.79 Å². The number of nitrogens with one attached hydrogen (secondary N) is 1. The van der Waals surface area contributed by atoms with Gasteiger partial charge in [-0.3, -0.25) is 9.78 Å². The van der Waals surface area contributed by atoms with Gasteiger partial charge in [-0.05, 0) is 43.3 Å². The monoisotopic (exact) mass is 339 g/mol. The van der Waals surface area contributed by atoms with Gasteiger partial charge >= 0.3 is 0 Å². The lowest BCUT2D eigenvalue weighted by molar-refractivity contribution is 0.0935. The Morgan fingerprint density at radius 2 is 1.88 bits per heavy atom. The smallest absolute Gasteiger partial charge is 0.251 e. The summed E-state index contributed by atoms with van der Waals surface area (Å²) in [6, 6.07) is 7.51. The maximum absolute atomic E-state index is 12.4. The van der Waals surface area contributed by atoms with Crippen molar-refractivity contribution in [3.8, 4) is 0 Å². The minimum atomic E-state index is -0.0767. The molecular weight excluding hydrogens is 314 g/mol. The van der Waals surface area contributed by atoms with Crippen LogP contribution in [0.4, 0.5) is 5.82 Å². The minimum absolute atomic E-state index is 0.0325. The molecule has 0 bridgehead atoms. The fourth-order valence-corrected chi connectivity index (χ4v) is 3.03. The highest BCUT2D eigenvalue weighted by molar-refractivity contribution is 5.94. The van der Waals surface area contributed by atoms with Crippen LogP contribution >= 0.6 is 0 Å². The highest BCUT2D eigenvalue weighted by atomic mass is 16.1. The molecule has 132 valence electrons. The molecule has 1 fully saturated rings. The Morgan fingerprint density at radius 1 is 1.16 bits per heavy atom. The lowest BCUT2D eigenvalue weighted by Gasteiger charge is -2.33. The van der Waals surface area contributed by atoms with Gasteiger partial charge in [-0.1, -0.05) is 6.92 Å². The summed E-state index contributed by atoms with van der Waals surface area (Å²) in [7, 11) is 2.14. The number of piperazine rings is 1. The summed E-state index contributed by atoms with van der Waals surface area (Å²) >= 11 is 0. The van der Waals surface area contributed by atoms with E-state index in [0.29, 0.717) is 5.56 Å². The molecule has 0 aliphatic carbocycles. The second-order valence-electron chi connectivity index (χ2n) is 6.41. The summed E-state index contributed by atoms with van der Waals surface area (Å²) in [6.45, 7) is 6.12. The molecule has 0 aromatic carbocycles. The summed E-state index contributed by atoms with van der Waals surface area (Å²) in [4.78, 5) is 25.6. The van der Waals surface area contributed by atoms with E-state index in [1.807, 2.05) is 12.3 Å². The molecule has 1 aliphatic heterocycles. The molecule has 0 unspecified atom stereocenters. The Balaban J connectivity index is 1.72. The average Bonchev–Trinajstić information content (AvgIpc) is 2.67. The average molecular weight is 339 g/mol. The number of amides is 1. The molecule has 2 aromatic heterocycles. The van der Waals surface area contributed by atoms with Crippen LogP contribution in [0.1, 0.15) is 35.3 Å². The van der Waals surface area contributed by atoms with Crippen molar-refractivity contribution in [1.29, 1.82) is 0 Å². The molecule has 1 aliphatic rings. The number of hydrogen-bond acceptors (Lipinski definition) is 5. The molecule has 2 aromatic rings. The van der Waals surface area contributed by atoms with Crippen LogP contribution in [0.25, 0.3) is 0 Å². The molecule has 6 nitrogen and oxygen atoms in total. The Kier molecular flexibility index (Phi) is 5.60. The fraction of sp³-hybridized carbons (Fsp3) is 0.421. The van der Waals surface area contributed by atoms with Crippen LogP contribution in [0, 0.1) is 0 Å². The summed E-state index contributed by atoms with van der Waals surface area (Å²) in [6.07, 6.45) is 5.93. The molecule has 1 N–H and O–H groups in total. The number of rotatable bonds is 5. The molecule has 25 heavy (non-hydrogen) atoms. The third-order valence-electron chi connectivity index (χ3n) is 4.66. The fourth-order valence-electron chi connectivity index (χ4n) is 3.03. The van der Waals surface area contributed by atoms with Crippen LogP contribution in [0.3, 0.4) is 0 Å². The van der Waals surface area contributed by atoms with Crippen molar-refractivity contribution in [3.05, 3.63) is 54.0 Å². The number of hydrogen-bond donors (Lipinski definition) is 1.